The molecule has 0 spiro atoms. The molecular weight excluding hydrogens is 524 g/mol. The molecule has 6 rings (SSSR count). The van der Waals surface area contributed by atoms with Crippen LogP contribution in [-0.2, 0) is 16.0 Å². The zero-order chi connectivity index (χ0) is 30.7. The van der Waals surface area contributed by atoms with Crippen LogP contribution in [0.15, 0.2) is 54.0 Å². The maximum atomic E-state index is 13.4. The number of carbonyl (C=O) groups is 1. The second-order valence-electron chi connectivity index (χ2n) is 12.4. The molecule has 2 aromatic rings. The second-order valence-corrected chi connectivity index (χ2v) is 12.4. The van der Waals surface area contributed by atoms with Gasteiger partial charge in [0, 0.05) is 31.2 Å². The van der Waals surface area contributed by atoms with Gasteiger partial charge in [0.25, 0.3) is 0 Å². The number of fused-ring (bicyclic) bond motifs is 2. The zero-order valence-corrected chi connectivity index (χ0v) is 26.6. The Bertz CT molecular complexity index is 1310. The Balaban J connectivity index is 0.000000747. The van der Waals surface area contributed by atoms with E-state index in [-0.39, 0.29) is 35.7 Å². The fraction of sp³-hybridized carbons (Fsp3) is 0.543. The van der Waals surface area contributed by atoms with Gasteiger partial charge < -0.3 is 20.5 Å². The smallest absolute Gasteiger partial charge is 0.232 e. The molecule has 4 aliphatic rings. The number of benzene rings is 2. The highest BCUT2D eigenvalue weighted by molar-refractivity contribution is 5.99. The number of carbonyl (C=O) groups excluding carboxylic acids is 1. The van der Waals surface area contributed by atoms with Gasteiger partial charge in [0.15, 0.2) is 5.96 Å². The van der Waals surface area contributed by atoms with Crippen LogP contribution in [0.25, 0.3) is 5.70 Å². The molecule has 4 unspecified atom stereocenters. The standard InChI is InChI=1S/C30H38N4O3.C3H6.C2H6/c1-7-30(5)17-26(35)34(28(31)33-30)27-22-14-19(12-13-20(22)15-25(27)36-6)18(2)32-23-16-29(3,4)37-24-11-9-8-10-21(23)24;1-2-3-1;1-2/h8-14,23,25,27,32H,2,7,15-17H2,1,3-6H3,(H2,31,33);1-3H2;1-2H3. The minimum Gasteiger partial charge on any atom is -0.487 e. The third-order valence-electron chi connectivity index (χ3n) is 8.44. The van der Waals surface area contributed by atoms with Crippen molar-refractivity contribution in [3.8, 4) is 5.75 Å². The summed E-state index contributed by atoms with van der Waals surface area (Å²) in [5, 5.41) is 3.66. The number of amides is 1. The SMILES string of the molecule is C1CC1.C=C(NC1CC(C)(C)Oc2ccccc21)c1ccc2c(c1)C(N1C(=O)CC(C)(CC)N=C1N)C(OC)C2.CC. The van der Waals surface area contributed by atoms with Gasteiger partial charge in [-0.3, -0.25) is 9.69 Å². The lowest BCUT2D eigenvalue weighted by molar-refractivity contribution is -0.133. The van der Waals surface area contributed by atoms with Crippen LogP contribution in [-0.4, -0.2) is 41.1 Å². The Morgan fingerprint density at radius 3 is 2.45 bits per heavy atom. The summed E-state index contributed by atoms with van der Waals surface area (Å²) in [5.41, 5.74) is 10.8. The molecule has 42 heavy (non-hydrogen) atoms. The number of ether oxygens (including phenoxy) is 2. The highest BCUT2D eigenvalue weighted by atomic mass is 16.5. The van der Waals surface area contributed by atoms with Gasteiger partial charge in [0.1, 0.15) is 11.4 Å². The van der Waals surface area contributed by atoms with Crippen molar-refractivity contribution < 1.29 is 14.3 Å². The molecule has 2 aromatic carbocycles. The molecule has 7 heteroatoms. The highest BCUT2D eigenvalue weighted by Crippen LogP contribution is 2.43. The highest BCUT2D eigenvalue weighted by Gasteiger charge is 2.45. The molecule has 1 fully saturated rings. The third kappa shape index (κ3) is 6.83. The molecule has 0 aromatic heterocycles. The van der Waals surface area contributed by atoms with Crippen LogP contribution in [0.1, 0.15) is 114 Å². The lowest BCUT2D eigenvalue weighted by Crippen LogP contribution is -2.53. The van der Waals surface area contributed by atoms with E-state index in [0.29, 0.717) is 12.8 Å². The number of nitrogens with two attached hydrogens (primary N) is 1. The Kier molecular flexibility index (Phi) is 9.71. The van der Waals surface area contributed by atoms with Crippen LogP contribution in [0.5, 0.6) is 5.75 Å². The van der Waals surface area contributed by atoms with Crippen molar-refractivity contribution in [2.24, 2.45) is 10.7 Å². The van der Waals surface area contributed by atoms with Gasteiger partial charge in [-0.15, -0.1) is 0 Å². The van der Waals surface area contributed by atoms with Gasteiger partial charge in [-0.2, -0.15) is 0 Å². The Hall–Kier alpha value is -3.32. The Morgan fingerprint density at radius 1 is 1.14 bits per heavy atom. The van der Waals surface area contributed by atoms with E-state index < -0.39 is 5.54 Å². The molecule has 2 aliphatic heterocycles. The number of hydrogen-bond acceptors (Lipinski definition) is 6. The van der Waals surface area contributed by atoms with E-state index in [1.165, 1.54) is 19.3 Å². The van der Waals surface area contributed by atoms with Gasteiger partial charge >= 0.3 is 0 Å². The molecule has 7 nitrogen and oxygen atoms in total. The van der Waals surface area contributed by atoms with Crippen molar-refractivity contribution in [3.63, 3.8) is 0 Å². The lowest BCUT2D eigenvalue weighted by atomic mass is 9.89. The van der Waals surface area contributed by atoms with E-state index in [0.717, 1.165) is 46.5 Å². The molecule has 228 valence electrons. The first kappa shape index (κ1) is 31.6. The summed E-state index contributed by atoms with van der Waals surface area (Å²) in [6, 6.07) is 14.2. The number of nitrogens with one attached hydrogen (secondary N) is 1. The first-order valence-electron chi connectivity index (χ1n) is 15.6. The average molecular weight is 575 g/mol. The molecule has 4 atom stereocenters. The van der Waals surface area contributed by atoms with Crippen LogP contribution in [0.2, 0.25) is 0 Å². The van der Waals surface area contributed by atoms with Gasteiger partial charge in [0.05, 0.1) is 30.1 Å². The zero-order valence-electron chi connectivity index (χ0n) is 26.6. The van der Waals surface area contributed by atoms with Crippen LogP contribution in [0.3, 0.4) is 0 Å². The maximum absolute atomic E-state index is 13.4. The van der Waals surface area contributed by atoms with E-state index in [4.69, 9.17) is 20.2 Å². The van der Waals surface area contributed by atoms with Crippen molar-refractivity contribution in [1.29, 1.82) is 0 Å². The van der Waals surface area contributed by atoms with Gasteiger partial charge in [-0.25, -0.2) is 4.99 Å². The van der Waals surface area contributed by atoms with Crippen LogP contribution >= 0.6 is 0 Å². The molecule has 0 bridgehead atoms. The summed E-state index contributed by atoms with van der Waals surface area (Å²) in [6.07, 6.45) is 6.91. The molecule has 1 amide bonds. The minimum absolute atomic E-state index is 0.0138. The number of hydrogen-bond donors (Lipinski definition) is 2. The Labute approximate surface area is 252 Å². The first-order chi connectivity index (χ1) is 20.0. The minimum atomic E-state index is -0.463. The van der Waals surface area contributed by atoms with E-state index in [1.54, 1.807) is 12.0 Å². The van der Waals surface area contributed by atoms with Crippen LogP contribution in [0.4, 0.5) is 0 Å². The summed E-state index contributed by atoms with van der Waals surface area (Å²) in [5.74, 6) is 1.16. The maximum Gasteiger partial charge on any atom is 0.232 e. The van der Waals surface area contributed by atoms with Crippen molar-refractivity contribution in [3.05, 3.63) is 71.3 Å². The number of rotatable bonds is 6. The average Bonchev–Trinajstić information content (AvgIpc) is 3.80. The monoisotopic (exact) mass is 574 g/mol. The first-order valence-corrected chi connectivity index (χ1v) is 15.6. The van der Waals surface area contributed by atoms with Gasteiger partial charge in [-0.05, 0) is 56.0 Å². The van der Waals surface area contributed by atoms with E-state index in [1.807, 2.05) is 45.9 Å². The summed E-state index contributed by atoms with van der Waals surface area (Å²) in [6.45, 7) is 16.6. The lowest BCUT2D eigenvalue weighted by Gasteiger charge is -2.39. The van der Waals surface area contributed by atoms with E-state index in [9.17, 15) is 4.79 Å². The van der Waals surface area contributed by atoms with Crippen molar-refractivity contribution in [2.75, 3.05) is 7.11 Å². The van der Waals surface area contributed by atoms with Crippen molar-refractivity contribution in [1.82, 2.24) is 10.2 Å². The van der Waals surface area contributed by atoms with Crippen LogP contribution < -0.4 is 15.8 Å². The van der Waals surface area contributed by atoms with Crippen molar-refractivity contribution >= 4 is 17.6 Å². The molecule has 3 N–H and O–H groups in total. The summed E-state index contributed by atoms with van der Waals surface area (Å²) >= 11 is 0. The molecule has 0 saturated heterocycles. The number of methoxy groups -OCH3 is 1. The van der Waals surface area contributed by atoms with E-state index in [2.05, 4.69) is 50.0 Å². The van der Waals surface area contributed by atoms with Gasteiger partial charge in [0.2, 0.25) is 5.91 Å². The summed E-state index contributed by atoms with van der Waals surface area (Å²) in [7, 11) is 1.69. The third-order valence-corrected chi connectivity index (χ3v) is 8.44. The topological polar surface area (TPSA) is 89.2 Å². The van der Waals surface area contributed by atoms with Crippen LogP contribution in [0, 0.1) is 0 Å². The fourth-order valence-corrected chi connectivity index (χ4v) is 5.93. The Morgan fingerprint density at radius 2 is 1.83 bits per heavy atom. The molecular formula is C35H50N4O3. The number of para-hydroxylation sites is 1. The quantitative estimate of drug-likeness (QED) is 0.385. The van der Waals surface area contributed by atoms with E-state index >= 15 is 0 Å². The number of guanidine groups is 1. The predicted octanol–water partition coefficient (Wildman–Crippen LogP) is 7.07. The number of aliphatic imine (C=N–C) groups is 1. The molecule has 2 heterocycles. The fourth-order valence-electron chi connectivity index (χ4n) is 5.93. The summed E-state index contributed by atoms with van der Waals surface area (Å²) in [4.78, 5) is 19.7. The van der Waals surface area contributed by atoms with Gasteiger partial charge in [-0.1, -0.05) is 76.9 Å². The van der Waals surface area contributed by atoms with Crippen molar-refractivity contribution in [2.45, 2.75) is 116 Å². The predicted molar refractivity (Wildman–Crippen MR) is 171 cm³/mol. The second kappa shape index (κ2) is 12.9. The largest absolute Gasteiger partial charge is 0.487 e. The number of nitrogens with zero attached hydrogens (tertiary/aromatic N) is 2. The molecule has 1 saturated carbocycles. The molecule has 2 aliphatic carbocycles. The summed E-state index contributed by atoms with van der Waals surface area (Å²) < 4.78 is 12.1. The molecule has 0 radical (unpaired) electrons. The normalized spacial score (nSPS) is 26.6.